The predicted octanol–water partition coefficient (Wildman–Crippen LogP) is 2.09. The third-order valence-electron chi connectivity index (χ3n) is 3.29. The Morgan fingerprint density at radius 2 is 1.94 bits per heavy atom. The first kappa shape index (κ1) is 12.8. The molecular formula is C13H19N3O2. The van der Waals surface area contributed by atoms with E-state index in [1.165, 1.54) is 0 Å². The van der Waals surface area contributed by atoms with Crippen molar-refractivity contribution < 1.29 is 4.92 Å². The summed E-state index contributed by atoms with van der Waals surface area (Å²) in [5.41, 5.74) is 1.93. The van der Waals surface area contributed by atoms with Crippen LogP contribution in [0, 0.1) is 17.0 Å². The summed E-state index contributed by atoms with van der Waals surface area (Å²) in [7, 11) is 0. The van der Waals surface area contributed by atoms with Gasteiger partial charge in [-0.1, -0.05) is 12.1 Å². The van der Waals surface area contributed by atoms with E-state index < -0.39 is 0 Å². The van der Waals surface area contributed by atoms with Gasteiger partial charge in [-0.2, -0.15) is 0 Å². The summed E-state index contributed by atoms with van der Waals surface area (Å²) in [6.45, 7) is 7.74. The van der Waals surface area contributed by atoms with Crippen molar-refractivity contribution in [3.8, 4) is 0 Å². The van der Waals surface area contributed by atoms with E-state index in [2.05, 4.69) is 24.1 Å². The molecule has 1 aromatic rings. The zero-order valence-electron chi connectivity index (χ0n) is 11.0. The number of hydrogen-bond acceptors (Lipinski definition) is 4. The summed E-state index contributed by atoms with van der Waals surface area (Å²) in [6.07, 6.45) is 0. The maximum atomic E-state index is 11.1. The molecule has 18 heavy (non-hydrogen) atoms. The van der Waals surface area contributed by atoms with Gasteiger partial charge in [0, 0.05) is 31.2 Å². The highest BCUT2D eigenvalue weighted by atomic mass is 16.6. The van der Waals surface area contributed by atoms with Crippen LogP contribution in [-0.2, 0) is 0 Å². The van der Waals surface area contributed by atoms with Crippen molar-refractivity contribution in [3.63, 3.8) is 0 Å². The lowest BCUT2D eigenvalue weighted by Crippen LogP contribution is -2.54. The number of nitro benzene ring substituents is 1. The summed E-state index contributed by atoms with van der Waals surface area (Å²) < 4.78 is 0. The van der Waals surface area contributed by atoms with Crippen molar-refractivity contribution in [3.05, 3.63) is 33.9 Å². The van der Waals surface area contributed by atoms with Crippen LogP contribution in [0.3, 0.4) is 0 Å². The van der Waals surface area contributed by atoms with Crippen molar-refractivity contribution in [1.82, 2.24) is 5.32 Å². The van der Waals surface area contributed by atoms with E-state index in [4.69, 9.17) is 0 Å². The minimum Gasteiger partial charge on any atom is -0.363 e. The van der Waals surface area contributed by atoms with Crippen LogP contribution in [0.25, 0.3) is 0 Å². The molecule has 98 valence electrons. The molecule has 5 nitrogen and oxygen atoms in total. The van der Waals surface area contributed by atoms with Gasteiger partial charge in [-0.25, -0.2) is 0 Å². The number of rotatable bonds is 2. The summed E-state index contributed by atoms with van der Waals surface area (Å²) in [5, 5.41) is 14.6. The Labute approximate surface area is 107 Å². The van der Waals surface area contributed by atoms with Crippen LogP contribution in [0.4, 0.5) is 11.4 Å². The molecule has 1 aliphatic rings. The van der Waals surface area contributed by atoms with Crippen LogP contribution in [0.1, 0.15) is 19.4 Å². The van der Waals surface area contributed by atoms with Crippen molar-refractivity contribution >= 4 is 11.4 Å². The fraction of sp³-hybridized carbons (Fsp3) is 0.538. The van der Waals surface area contributed by atoms with Gasteiger partial charge in [0.25, 0.3) is 5.69 Å². The molecule has 0 aliphatic carbocycles. The van der Waals surface area contributed by atoms with Crippen LogP contribution >= 0.6 is 0 Å². The fourth-order valence-corrected chi connectivity index (χ4v) is 2.71. The average Bonchev–Trinajstić information content (AvgIpc) is 2.26. The van der Waals surface area contributed by atoms with E-state index in [-0.39, 0.29) is 10.6 Å². The van der Waals surface area contributed by atoms with Gasteiger partial charge in [-0.15, -0.1) is 0 Å². The average molecular weight is 249 g/mol. The molecule has 0 saturated carbocycles. The van der Waals surface area contributed by atoms with E-state index in [9.17, 15) is 10.1 Å². The first-order valence-electron chi connectivity index (χ1n) is 6.24. The normalized spacial score (nSPS) is 24.1. The van der Waals surface area contributed by atoms with Gasteiger partial charge in [-0.3, -0.25) is 10.1 Å². The Balaban J connectivity index is 2.40. The van der Waals surface area contributed by atoms with Crippen LogP contribution in [0.5, 0.6) is 0 Å². The highest BCUT2D eigenvalue weighted by Gasteiger charge is 2.27. The summed E-state index contributed by atoms with van der Waals surface area (Å²) in [5.74, 6) is 0. The highest BCUT2D eigenvalue weighted by molar-refractivity contribution is 5.68. The second kappa shape index (κ2) is 4.94. The van der Waals surface area contributed by atoms with Gasteiger partial charge < -0.3 is 10.2 Å². The maximum absolute atomic E-state index is 11.1. The Morgan fingerprint density at radius 1 is 1.33 bits per heavy atom. The van der Waals surface area contributed by atoms with Crippen molar-refractivity contribution in [1.29, 1.82) is 0 Å². The maximum Gasteiger partial charge on any atom is 0.292 e. The first-order chi connectivity index (χ1) is 8.49. The molecule has 1 saturated heterocycles. The summed E-state index contributed by atoms with van der Waals surface area (Å²) in [4.78, 5) is 13.0. The predicted molar refractivity (Wildman–Crippen MR) is 72.1 cm³/mol. The van der Waals surface area contributed by atoms with E-state index in [0.29, 0.717) is 12.1 Å². The number of para-hydroxylation sites is 1. The smallest absolute Gasteiger partial charge is 0.292 e. The molecule has 1 aliphatic heterocycles. The number of nitrogens with one attached hydrogen (secondary N) is 1. The van der Waals surface area contributed by atoms with Gasteiger partial charge in [0.1, 0.15) is 5.69 Å². The molecule has 1 N–H and O–H groups in total. The number of hydrogen-bond donors (Lipinski definition) is 1. The van der Waals surface area contributed by atoms with Gasteiger partial charge >= 0.3 is 0 Å². The topological polar surface area (TPSA) is 58.4 Å². The van der Waals surface area contributed by atoms with Crippen LogP contribution < -0.4 is 10.2 Å². The lowest BCUT2D eigenvalue weighted by molar-refractivity contribution is -0.384. The first-order valence-corrected chi connectivity index (χ1v) is 6.24. The molecule has 0 amide bonds. The summed E-state index contributed by atoms with van der Waals surface area (Å²) in [6, 6.07) is 5.94. The van der Waals surface area contributed by atoms with Crippen LogP contribution in [0.2, 0.25) is 0 Å². The van der Waals surface area contributed by atoms with E-state index >= 15 is 0 Å². The Hall–Kier alpha value is -1.62. The SMILES string of the molecule is Cc1cccc([N+](=O)[O-])c1N1CC(C)NC(C)C1. The van der Waals surface area contributed by atoms with Crippen molar-refractivity contribution in [2.24, 2.45) is 0 Å². The summed E-state index contributed by atoms with van der Waals surface area (Å²) >= 11 is 0. The number of anilines is 1. The standard InChI is InChI=1S/C13H19N3O2/c1-9-5-4-6-12(16(17)18)13(9)15-7-10(2)14-11(3)8-15/h4-6,10-11,14H,7-8H2,1-3H3. The minimum absolute atomic E-state index is 0.205. The molecule has 0 spiro atoms. The molecule has 2 rings (SSSR count). The van der Waals surface area contributed by atoms with Crippen molar-refractivity contribution in [2.75, 3.05) is 18.0 Å². The molecule has 0 aromatic heterocycles. The highest BCUT2D eigenvalue weighted by Crippen LogP contribution is 2.32. The lowest BCUT2D eigenvalue weighted by atomic mass is 10.1. The third-order valence-corrected chi connectivity index (χ3v) is 3.29. The van der Waals surface area contributed by atoms with Gasteiger partial charge in [0.15, 0.2) is 0 Å². The number of nitrogens with zero attached hydrogens (tertiary/aromatic N) is 2. The molecular weight excluding hydrogens is 230 g/mol. The fourth-order valence-electron chi connectivity index (χ4n) is 2.71. The molecule has 1 heterocycles. The number of piperazine rings is 1. The largest absolute Gasteiger partial charge is 0.363 e. The van der Waals surface area contributed by atoms with E-state index in [0.717, 1.165) is 24.3 Å². The lowest BCUT2D eigenvalue weighted by Gasteiger charge is -2.37. The third kappa shape index (κ3) is 2.46. The Bertz CT molecular complexity index is 452. The van der Waals surface area contributed by atoms with Gasteiger partial charge in [0.05, 0.1) is 4.92 Å². The molecule has 2 unspecified atom stereocenters. The molecule has 1 fully saturated rings. The van der Waals surface area contributed by atoms with Crippen molar-refractivity contribution in [2.45, 2.75) is 32.9 Å². The molecule has 0 bridgehead atoms. The number of benzene rings is 1. The van der Waals surface area contributed by atoms with Crippen LogP contribution in [-0.4, -0.2) is 30.1 Å². The molecule has 0 radical (unpaired) electrons. The Kier molecular flexibility index (Phi) is 3.52. The molecule has 2 atom stereocenters. The van der Waals surface area contributed by atoms with Gasteiger partial charge in [-0.05, 0) is 26.3 Å². The number of nitro groups is 1. The number of aryl methyl sites for hydroxylation is 1. The molecule has 1 aromatic carbocycles. The Morgan fingerprint density at radius 3 is 2.50 bits per heavy atom. The zero-order chi connectivity index (χ0) is 13.3. The quantitative estimate of drug-likeness (QED) is 0.644. The van der Waals surface area contributed by atoms with E-state index in [1.54, 1.807) is 12.1 Å². The minimum atomic E-state index is -0.292. The van der Waals surface area contributed by atoms with Gasteiger partial charge in [0.2, 0.25) is 0 Å². The monoisotopic (exact) mass is 249 g/mol. The molecule has 5 heteroatoms. The zero-order valence-corrected chi connectivity index (χ0v) is 11.0. The van der Waals surface area contributed by atoms with E-state index in [1.807, 2.05) is 13.0 Å². The second-order valence-electron chi connectivity index (χ2n) is 5.07. The van der Waals surface area contributed by atoms with Crippen LogP contribution in [0.15, 0.2) is 18.2 Å². The second-order valence-corrected chi connectivity index (χ2v) is 5.07.